The molecule has 0 spiro atoms. The van der Waals surface area contributed by atoms with Crippen molar-refractivity contribution in [2.24, 2.45) is 5.92 Å². The van der Waals surface area contributed by atoms with Crippen molar-refractivity contribution in [3.63, 3.8) is 0 Å². The molecule has 0 bridgehead atoms. The highest BCUT2D eigenvalue weighted by Gasteiger charge is 2.50. The Bertz CT molecular complexity index is 338. The van der Waals surface area contributed by atoms with Crippen LogP contribution in [0.1, 0.15) is 12.8 Å². The molecule has 0 aliphatic carbocycles. The lowest BCUT2D eigenvalue weighted by Gasteiger charge is -2.29. The van der Waals surface area contributed by atoms with Gasteiger partial charge in [-0.2, -0.15) is 17.5 Å². The number of piperidine rings is 1. The maximum absolute atomic E-state index is 12.1. The van der Waals surface area contributed by atoms with Crippen molar-refractivity contribution in [2.75, 3.05) is 13.1 Å². The maximum atomic E-state index is 12.1. The summed E-state index contributed by atoms with van der Waals surface area (Å²) < 4.78 is 58.6. The van der Waals surface area contributed by atoms with Gasteiger partial charge in [-0.1, -0.05) is 0 Å². The summed E-state index contributed by atoms with van der Waals surface area (Å²) in [5, 5.41) is 0. The normalized spacial score (nSPS) is 25.1. The molecule has 0 aromatic heterocycles. The number of aldehydes is 1. The lowest BCUT2D eigenvalue weighted by Crippen LogP contribution is -2.46. The van der Waals surface area contributed by atoms with E-state index in [0.29, 0.717) is 17.0 Å². The van der Waals surface area contributed by atoms with Crippen LogP contribution in [0.3, 0.4) is 0 Å². The van der Waals surface area contributed by atoms with E-state index in [2.05, 4.69) is 0 Å². The molecule has 1 unspecified atom stereocenters. The van der Waals surface area contributed by atoms with Crippen LogP contribution in [0.25, 0.3) is 0 Å². The van der Waals surface area contributed by atoms with Crippen LogP contribution in [0, 0.1) is 5.92 Å². The summed E-state index contributed by atoms with van der Waals surface area (Å²) in [6, 6.07) is 0. The number of carbonyl (C=O) groups excluding carboxylic acids is 1. The molecule has 1 aliphatic rings. The van der Waals surface area contributed by atoms with E-state index < -0.39 is 21.4 Å². The third-order valence-electron chi connectivity index (χ3n) is 2.25. The molecule has 1 aliphatic heterocycles. The highest BCUT2D eigenvalue weighted by Crippen LogP contribution is 2.29. The van der Waals surface area contributed by atoms with Crippen molar-refractivity contribution >= 4 is 16.3 Å². The van der Waals surface area contributed by atoms with E-state index in [-0.39, 0.29) is 19.5 Å². The Morgan fingerprint density at radius 1 is 1.33 bits per heavy atom. The van der Waals surface area contributed by atoms with Gasteiger partial charge in [-0.15, -0.1) is 0 Å². The molecule has 4 nitrogen and oxygen atoms in total. The zero-order valence-corrected chi connectivity index (χ0v) is 8.51. The van der Waals surface area contributed by atoms with E-state index in [4.69, 9.17) is 0 Å². The molecule has 15 heavy (non-hydrogen) atoms. The molecule has 0 amide bonds. The Labute approximate surface area is 85.1 Å². The van der Waals surface area contributed by atoms with E-state index in [1.807, 2.05) is 0 Å². The third-order valence-corrected chi connectivity index (χ3v) is 3.84. The number of sulfonamides is 1. The van der Waals surface area contributed by atoms with Crippen LogP contribution in [-0.4, -0.2) is 37.6 Å². The van der Waals surface area contributed by atoms with Crippen molar-refractivity contribution in [1.82, 2.24) is 4.31 Å². The summed E-state index contributed by atoms with van der Waals surface area (Å²) in [4.78, 5) is 10.4. The number of halogens is 3. The fraction of sp³-hybridized carbons (Fsp3) is 0.857. The first kappa shape index (κ1) is 12.4. The number of hydrogen-bond donors (Lipinski definition) is 0. The van der Waals surface area contributed by atoms with Crippen LogP contribution >= 0.6 is 0 Å². The second-order valence-corrected chi connectivity index (χ2v) is 5.28. The summed E-state index contributed by atoms with van der Waals surface area (Å²) in [5.41, 5.74) is -5.28. The van der Waals surface area contributed by atoms with Gasteiger partial charge in [0.1, 0.15) is 6.29 Å². The summed E-state index contributed by atoms with van der Waals surface area (Å²) in [6.07, 6.45) is 1.21. The Morgan fingerprint density at radius 3 is 2.40 bits per heavy atom. The SMILES string of the molecule is O=CC1CCCN(S(=O)(=O)C(F)(F)F)C1. The Kier molecular flexibility index (Phi) is 3.39. The molecule has 8 heteroatoms. The van der Waals surface area contributed by atoms with Gasteiger partial charge in [-0.05, 0) is 12.8 Å². The van der Waals surface area contributed by atoms with Gasteiger partial charge < -0.3 is 4.79 Å². The standard InChI is InChI=1S/C7H10F3NO3S/c8-7(9,10)15(13,14)11-3-1-2-6(4-11)5-12/h5-6H,1-4H2. The van der Waals surface area contributed by atoms with E-state index in [1.165, 1.54) is 0 Å². The van der Waals surface area contributed by atoms with Crippen LogP contribution in [0.5, 0.6) is 0 Å². The molecule has 1 heterocycles. The molecule has 1 rings (SSSR count). The summed E-state index contributed by atoms with van der Waals surface area (Å²) >= 11 is 0. The number of hydrogen-bond acceptors (Lipinski definition) is 3. The minimum atomic E-state index is -5.28. The van der Waals surface area contributed by atoms with Gasteiger partial charge in [0, 0.05) is 19.0 Å². The van der Waals surface area contributed by atoms with Crippen LogP contribution in [0.2, 0.25) is 0 Å². The lowest BCUT2D eigenvalue weighted by molar-refractivity contribution is -0.112. The van der Waals surface area contributed by atoms with Crippen LogP contribution in [0.15, 0.2) is 0 Å². The summed E-state index contributed by atoms with van der Waals surface area (Å²) in [5.74, 6) is -0.629. The first-order chi connectivity index (χ1) is 6.79. The van der Waals surface area contributed by atoms with Gasteiger partial charge in [0.05, 0.1) is 0 Å². The molecular formula is C7H10F3NO3S. The minimum Gasteiger partial charge on any atom is -0.303 e. The molecule has 1 atom stereocenters. The molecular weight excluding hydrogens is 235 g/mol. The van der Waals surface area contributed by atoms with Gasteiger partial charge in [-0.25, -0.2) is 8.42 Å². The molecule has 0 aromatic rings. The van der Waals surface area contributed by atoms with Crippen LogP contribution < -0.4 is 0 Å². The van der Waals surface area contributed by atoms with Gasteiger partial charge in [0.25, 0.3) is 0 Å². The maximum Gasteiger partial charge on any atom is 0.511 e. The second-order valence-electron chi connectivity index (χ2n) is 3.35. The molecule has 88 valence electrons. The quantitative estimate of drug-likeness (QED) is 0.674. The number of nitrogens with zero attached hydrogens (tertiary/aromatic N) is 1. The van der Waals surface area contributed by atoms with E-state index in [1.54, 1.807) is 0 Å². The van der Waals surface area contributed by atoms with Crippen molar-refractivity contribution in [1.29, 1.82) is 0 Å². The molecule has 0 N–H and O–H groups in total. The zero-order chi connectivity index (χ0) is 11.7. The average molecular weight is 245 g/mol. The highest BCUT2D eigenvalue weighted by atomic mass is 32.2. The summed E-state index contributed by atoms with van der Waals surface area (Å²) in [7, 11) is -5.27. The average Bonchev–Trinajstić information content (AvgIpc) is 2.16. The van der Waals surface area contributed by atoms with Crippen molar-refractivity contribution in [2.45, 2.75) is 18.3 Å². The van der Waals surface area contributed by atoms with Gasteiger partial charge in [0.2, 0.25) is 0 Å². The largest absolute Gasteiger partial charge is 0.511 e. The van der Waals surface area contributed by atoms with Crippen molar-refractivity contribution in [3.05, 3.63) is 0 Å². The van der Waals surface area contributed by atoms with Crippen molar-refractivity contribution in [3.8, 4) is 0 Å². The van der Waals surface area contributed by atoms with Gasteiger partial charge in [-0.3, -0.25) is 0 Å². The van der Waals surface area contributed by atoms with Gasteiger partial charge >= 0.3 is 15.5 Å². The first-order valence-electron chi connectivity index (χ1n) is 4.30. The minimum absolute atomic E-state index is 0.174. The number of rotatable bonds is 2. The van der Waals surface area contributed by atoms with Crippen LogP contribution in [0.4, 0.5) is 13.2 Å². The summed E-state index contributed by atoms with van der Waals surface area (Å²) in [6.45, 7) is -0.544. The lowest BCUT2D eigenvalue weighted by atomic mass is 10.0. The van der Waals surface area contributed by atoms with Crippen LogP contribution in [-0.2, 0) is 14.8 Å². The Hall–Kier alpha value is -0.630. The smallest absolute Gasteiger partial charge is 0.303 e. The number of alkyl halides is 3. The third kappa shape index (κ3) is 2.49. The predicted octanol–water partition coefficient (Wildman–Crippen LogP) is 0.747. The molecule has 1 fully saturated rings. The molecule has 1 saturated heterocycles. The molecule has 0 radical (unpaired) electrons. The molecule has 0 saturated carbocycles. The Morgan fingerprint density at radius 2 is 1.93 bits per heavy atom. The van der Waals surface area contributed by atoms with E-state index in [9.17, 15) is 26.4 Å². The van der Waals surface area contributed by atoms with E-state index in [0.717, 1.165) is 0 Å². The number of carbonyl (C=O) groups is 1. The highest BCUT2D eigenvalue weighted by molar-refractivity contribution is 7.90. The predicted molar refractivity (Wildman–Crippen MR) is 45.3 cm³/mol. The van der Waals surface area contributed by atoms with E-state index >= 15 is 0 Å². The Balaban J connectivity index is 2.85. The molecule has 0 aromatic carbocycles. The second kappa shape index (κ2) is 4.09. The zero-order valence-electron chi connectivity index (χ0n) is 7.70. The van der Waals surface area contributed by atoms with Gasteiger partial charge in [0.15, 0.2) is 0 Å². The topological polar surface area (TPSA) is 54.5 Å². The van der Waals surface area contributed by atoms with Crippen molar-refractivity contribution < 1.29 is 26.4 Å². The first-order valence-corrected chi connectivity index (χ1v) is 5.75. The fourth-order valence-corrected chi connectivity index (χ4v) is 2.50. The monoisotopic (exact) mass is 245 g/mol. The fourth-order valence-electron chi connectivity index (χ4n) is 1.45.